The molecular formula is C24H32N4O2. The van der Waals surface area contributed by atoms with Crippen LogP contribution in [0.5, 0.6) is 0 Å². The number of rotatable bonds is 9. The molecule has 1 aliphatic heterocycles. The topological polar surface area (TPSA) is 66.0 Å². The zero-order chi connectivity index (χ0) is 21.2. The molecule has 0 aromatic heterocycles. The van der Waals surface area contributed by atoms with Crippen LogP contribution in [0.15, 0.2) is 53.5 Å². The Morgan fingerprint density at radius 1 is 1.07 bits per heavy atom. The van der Waals surface area contributed by atoms with Gasteiger partial charge in [0, 0.05) is 45.4 Å². The van der Waals surface area contributed by atoms with Gasteiger partial charge in [-0.05, 0) is 41.7 Å². The molecule has 1 fully saturated rings. The lowest BCUT2D eigenvalue weighted by Gasteiger charge is -2.17. The highest BCUT2D eigenvalue weighted by molar-refractivity contribution is 5.95. The summed E-state index contributed by atoms with van der Waals surface area (Å²) in [5.41, 5.74) is 4.52. The molecule has 0 unspecified atom stereocenters. The van der Waals surface area contributed by atoms with Crippen LogP contribution in [0.2, 0.25) is 0 Å². The van der Waals surface area contributed by atoms with Gasteiger partial charge in [0.15, 0.2) is 5.96 Å². The molecule has 0 atom stereocenters. The smallest absolute Gasteiger partial charge is 0.227 e. The highest BCUT2D eigenvalue weighted by Crippen LogP contribution is 2.21. The van der Waals surface area contributed by atoms with Gasteiger partial charge in [-0.3, -0.25) is 9.79 Å². The van der Waals surface area contributed by atoms with Crippen LogP contribution in [0.1, 0.15) is 42.9 Å². The van der Waals surface area contributed by atoms with Crippen LogP contribution >= 0.6 is 0 Å². The second kappa shape index (κ2) is 11.4. The third-order valence-electron chi connectivity index (χ3n) is 5.18. The molecule has 0 aliphatic carbocycles. The summed E-state index contributed by atoms with van der Waals surface area (Å²) in [6.45, 7) is 5.68. The lowest BCUT2D eigenvalue weighted by Crippen LogP contribution is -2.36. The van der Waals surface area contributed by atoms with Crippen molar-refractivity contribution in [3.05, 3.63) is 65.2 Å². The molecule has 0 spiro atoms. The largest absolute Gasteiger partial charge is 0.377 e. The summed E-state index contributed by atoms with van der Waals surface area (Å²) in [6, 6.07) is 16.5. The SMILES string of the molecule is CCCOCc1ccccc1CNC(=NC)NCc1ccc(N2CCCC2=O)cc1. The van der Waals surface area contributed by atoms with Crippen molar-refractivity contribution in [2.24, 2.45) is 4.99 Å². The van der Waals surface area contributed by atoms with Gasteiger partial charge in [0.25, 0.3) is 0 Å². The van der Waals surface area contributed by atoms with E-state index in [1.165, 1.54) is 11.1 Å². The summed E-state index contributed by atoms with van der Waals surface area (Å²) in [6.07, 6.45) is 2.61. The maximum atomic E-state index is 11.9. The first-order valence-electron chi connectivity index (χ1n) is 10.7. The van der Waals surface area contributed by atoms with E-state index in [1.807, 2.05) is 29.2 Å². The molecule has 0 bridgehead atoms. The zero-order valence-corrected chi connectivity index (χ0v) is 18.0. The number of amides is 1. The van der Waals surface area contributed by atoms with Crippen LogP contribution in [0.3, 0.4) is 0 Å². The van der Waals surface area contributed by atoms with E-state index in [0.717, 1.165) is 43.2 Å². The maximum absolute atomic E-state index is 11.9. The second-order valence-electron chi connectivity index (χ2n) is 7.42. The Morgan fingerprint density at radius 3 is 2.47 bits per heavy atom. The minimum Gasteiger partial charge on any atom is -0.377 e. The number of guanidine groups is 1. The molecule has 1 aliphatic rings. The summed E-state index contributed by atoms with van der Waals surface area (Å²) >= 11 is 0. The molecule has 0 radical (unpaired) electrons. The van der Waals surface area contributed by atoms with Crippen LogP contribution in [0.4, 0.5) is 5.69 Å². The van der Waals surface area contributed by atoms with Crippen molar-refractivity contribution in [2.75, 3.05) is 25.1 Å². The predicted octanol–water partition coefficient (Wildman–Crippen LogP) is 3.61. The van der Waals surface area contributed by atoms with E-state index in [-0.39, 0.29) is 5.91 Å². The van der Waals surface area contributed by atoms with Crippen molar-refractivity contribution < 1.29 is 9.53 Å². The quantitative estimate of drug-likeness (QED) is 0.378. The van der Waals surface area contributed by atoms with E-state index in [2.05, 4.69) is 46.8 Å². The molecule has 2 aromatic carbocycles. The lowest BCUT2D eigenvalue weighted by molar-refractivity contribution is -0.117. The number of nitrogens with one attached hydrogen (secondary N) is 2. The van der Waals surface area contributed by atoms with Gasteiger partial charge in [0.05, 0.1) is 6.61 Å². The van der Waals surface area contributed by atoms with E-state index in [9.17, 15) is 4.79 Å². The standard InChI is InChI=1S/C24H32N4O2/c1-3-15-30-18-21-8-5-4-7-20(21)17-27-24(25-2)26-16-19-10-12-22(13-11-19)28-14-6-9-23(28)29/h4-5,7-8,10-13H,3,6,9,14-18H2,1-2H3,(H2,25,26,27). The Labute approximate surface area is 179 Å². The molecule has 2 N–H and O–H groups in total. The summed E-state index contributed by atoms with van der Waals surface area (Å²) < 4.78 is 5.70. The van der Waals surface area contributed by atoms with Crippen LogP contribution in [-0.4, -0.2) is 32.1 Å². The van der Waals surface area contributed by atoms with Gasteiger partial charge in [-0.1, -0.05) is 43.3 Å². The summed E-state index contributed by atoms with van der Waals surface area (Å²) in [7, 11) is 1.77. The van der Waals surface area contributed by atoms with Gasteiger partial charge in [-0.2, -0.15) is 0 Å². The third-order valence-corrected chi connectivity index (χ3v) is 5.18. The Balaban J connectivity index is 1.50. The first-order valence-corrected chi connectivity index (χ1v) is 10.7. The molecule has 30 heavy (non-hydrogen) atoms. The van der Waals surface area contributed by atoms with Crippen molar-refractivity contribution >= 4 is 17.6 Å². The zero-order valence-electron chi connectivity index (χ0n) is 18.0. The normalized spacial score (nSPS) is 14.3. The summed E-state index contributed by atoms with van der Waals surface area (Å²) in [4.78, 5) is 18.1. The van der Waals surface area contributed by atoms with E-state index < -0.39 is 0 Å². The molecule has 6 heteroatoms. The van der Waals surface area contributed by atoms with Gasteiger partial charge in [-0.25, -0.2) is 0 Å². The van der Waals surface area contributed by atoms with Crippen molar-refractivity contribution in [1.82, 2.24) is 10.6 Å². The number of benzene rings is 2. The number of ether oxygens (including phenoxy) is 1. The number of carbonyl (C=O) groups excluding carboxylic acids is 1. The molecule has 160 valence electrons. The molecule has 1 saturated heterocycles. The first-order chi connectivity index (χ1) is 14.7. The molecule has 2 aromatic rings. The Morgan fingerprint density at radius 2 is 1.80 bits per heavy atom. The van der Waals surface area contributed by atoms with Crippen molar-refractivity contribution in [3.63, 3.8) is 0 Å². The van der Waals surface area contributed by atoms with Gasteiger partial charge in [-0.15, -0.1) is 0 Å². The highest BCUT2D eigenvalue weighted by atomic mass is 16.5. The van der Waals surface area contributed by atoms with Gasteiger partial charge < -0.3 is 20.3 Å². The predicted molar refractivity (Wildman–Crippen MR) is 121 cm³/mol. The molecule has 1 heterocycles. The van der Waals surface area contributed by atoms with Gasteiger partial charge in [0.2, 0.25) is 5.91 Å². The fourth-order valence-electron chi connectivity index (χ4n) is 3.50. The third kappa shape index (κ3) is 6.07. The van der Waals surface area contributed by atoms with E-state index in [4.69, 9.17) is 4.74 Å². The van der Waals surface area contributed by atoms with Crippen molar-refractivity contribution in [2.45, 2.75) is 45.9 Å². The number of nitrogens with zero attached hydrogens (tertiary/aromatic N) is 2. The lowest BCUT2D eigenvalue weighted by atomic mass is 10.1. The van der Waals surface area contributed by atoms with Crippen LogP contribution in [0, 0.1) is 0 Å². The molecule has 0 saturated carbocycles. The van der Waals surface area contributed by atoms with Crippen LogP contribution in [0.25, 0.3) is 0 Å². The second-order valence-corrected chi connectivity index (χ2v) is 7.42. The summed E-state index contributed by atoms with van der Waals surface area (Å²) in [5.74, 6) is 0.962. The highest BCUT2D eigenvalue weighted by Gasteiger charge is 2.21. The van der Waals surface area contributed by atoms with Crippen molar-refractivity contribution in [1.29, 1.82) is 0 Å². The Hall–Kier alpha value is -2.86. The molecular weight excluding hydrogens is 376 g/mol. The van der Waals surface area contributed by atoms with Crippen molar-refractivity contribution in [3.8, 4) is 0 Å². The Kier molecular flexibility index (Phi) is 8.27. The minimum absolute atomic E-state index is 0.214. The summed E-state index contributed by atoms with van der Waals surface area (Å²) in [5, 5.41) is 6.73. The fraction of sp³-hybridized carbons (Fsp3) is 0.417. The van der Waals surface area contributed by atoms with Crippen LogP contribution < -0.4 is 15.5 Å². The van der Waals surface area contributed by atoms with Crippen LogP contribution in [-0.2, 0) is 29.2 Å². The van der Waals surface area contributed by atoms with E-state index >= 15 is 0 Å². The van der Waals surface area contributed by atoms with E-state index in [0.29, 0.717) is 26.1 Å². The number of carbonyl (C=O) groups is 1. The number of hydrogen-bond acceptors (Lipinski definition) is 3. The molecule has 6 nitrogen and oxygen atoms in total. The Bertz CT molecular complexity index is 849. The fourth-order valence-corrected chi connectivity index (χ4v) is 3.50. The first kappa shape index (κ1) is 21.8. The molecule has 3 rings (SSSR count). The maximum Gasteiger partial charge on any atom is 0.227 e. The average Bonchev–Trinajstić information content (AvgIpc) is 3.21. The minimum atomic E-state index is 0.214. The monoisotopic (exact) mass is 408 g/mol. The average molecular weight is 409 g/mol. The number of aliphatic imine (C=N–C) groups is 1. The van der Waals surface area contributed by atoms with Gasteiger partial charge in [0.1, 0.15) is 0 Å². The van der Waals surface area contributed by atoms with E-state index in [1.54, 1.807) is 7.05 Å². The number of anilines is 1. The van der Waals surface area contributed by atoms with Gasteiger partial charge >= 0.3 is 0 Å². The molecule has 1 amide bonds. The number of hydrogen-bond donors (Lipinski definition) is 2.